The highest BCUT2D eigenvalue weighted by atomic mass is 16.7. The van der Waals surface area contributed by atoms with E-state index in [2.05, 4.69) is 16.6 Å². The summed E-state index contributed by atoms with van der Waals surface area (Å²) in [6, 6.07) is 17.5. The normalized spacial score (nSPS) is 14.1. The van der Waals surface area contributed by atoms with Crippen LogP contribution in [0.4, 0.5) is 0 Å². The fourth-order valence-electron chi connectivity index (χ4n) is 4.50. The molecule has 1 aliphatic heterocycles. The van der Waals surface area contributed by atoms with Crippen molar-refractivity contribution in [1.82, 2.24) is 4.57 Å². The van der Waals surface area contributed by atoms with E-state index in [1.807, 2.05) is 61.5 Å². The number of ketones is 1. The predicted octanol–water partition coefficient (Wildman–Crippen LogP) is 5.65. The van der Waals surface area contributed by atoms with E-state index in [9.17, 15) is 9.59 Å². The average Bonchev–Trinajstić information content (AvgIpc) is 3.40. The van der Waals surface area contributed by atoms with Gasteiger partial charge in [-0.05, 0) is 49.7 Å². The molecule has 6 heteroatoms. The Kier molecular flexibility index (Phi) is 5.44. The van der Waals surface area contributed by atoms with Crippen LogP contribution in [0.3, 0.4) is 0 Å². The molecule has 34 heavy (non-hydrogen) atoms. The molecule has 0 fully saturated rings. The van der Waals surface area contributed by atoms with Gasteiger partial charge in [0.15, 0.2) is 5.78 Å². The molecular formula is C28H26N2O4. The monoisotopic (exact) mass is 454 g/mol. The summed E-state index contributed by atoms with van der Waals surface area (Å²) < 4.78 is 8.28. The van der Waals surface area contributed by atoms with Crippen molar-refractivity contribution < 1.29 is 19.2 Å². The van der Waals surface area contributed by atoms with E-state index in [4.69, 9.17) is 9.57 Å². The lowest BCUT2D eigenvalue weighted by atomic mass is 9.97. The molecule has 172 valence electrons. The highest BCUT2D eigenvalue weighted by Crippen LogP contribution is 2.41. The summed E-state index contributed by atoms with van der Waals surface area (Å²) in [5.74, 6) is 0.0487. The summed E-state index contributed by atoms with van der Waals surface area (Å²) in [4.78, 5) is 30.3. The van der Waals surface area contributed by atoms with Crippen molar-refractivity contribution >= 4 is 39.3 Å². The van der Waals surface area contributed by atoms with E-state index in [1.54, 1.807) is 13.8 Å². The summed E-state index contributed by atoms with van der Waals surface area (Å²) in [6.45, 7) is 8.57. The molecule has 0 radical (unpaired) electrons. The van der Waals surface area contributed by atoms with Crippen molar-refractivity contribution in [2.75, 3.05) is 6.61 Å². The maximum Gasteiger partial charge on any atom is 0.337 e. The molecule has 5 rings (SSSR count). The van der Waals surface area contributed by atoms with Gasteiger partial charge in [-0.2, -0.15) is 0 Å². The third kappa shape index (κ3) is 3.46. The van der Waals surface area contributed by atoms with Crippen molar-refractivity contribution in [3.63, 3.8) is 0 Å². The van der Waals surface area contributed by atoms with Crippen molar-refractivity contribution in [2.45, 2.75) is 34.2 Å². The summed E-state index contributed by atoms with van der Waals surface area (Å²) in [5.41, 5.74) is 5.72. The largest absolute Gasteiger partial charge is 0.486 e. The van der Waals surface area contributed by atoms with Crippen LogP contribution >= 0.6 is 0 Å². The number of oxime groups is 1. The maximum absolute atomic E-state index is 13.3. The van der Waals surface area contributed by atoms with Crippen LogP contribution in [-0.4, -0.2) is 28.6 Å². The molecule has 0 saturated carbocycles. The maximum atomic E-state index is 13.3. The first-order chi connectivity index (χ1) is 16.4. The zero-order valence-corrected chi connectivity index (χ0v) is 19.7. The number of carbonyl (C=O) groups excluding carboxylic acids is 2. The van der Waals surface area contributed by atoms with Crippen molar-refractivity contribution in [3.8, 4) is 5.75 Å². The molecule has 0 amide bonds. The topological polar surface area (TPSA) is 69.9 Å². The van der Waals surface area contributed by atoms with Crippen molar-refractivity contribution in [2.24, 2.45) is 11.1 Å². The quantitative estimate of drug-likeness (QED) is 0.222. The standard InChI is InChI=1S/C28H26N2O4/c1-5-30-23-12-10-18(26(31)19-9-7-6-8-17(19)4)14-21(23)25-24(30)13-11-20-22(15-33-27(20)25)29-34-28(32)16(2)3/h6-14,16H,5,15H2,1-4H3/b29-22+. The first kappa shape index (κ1) is 21.9. The number of aryl methyl sites for hydroxylation is 2. The Balaban J connectivity index is 1.67. The fourth-order valence-corrected chi connectivity index (χ4v) is 4.50. The van der Waals surface area contributed by atoms with Crippen molar-refractivity contribution in [1.29, 1.82) is 0 Å². The Bertz CT molecular complexity index is 1490. The minimum Gasteiger partial charge on any atom is -0.486 e. The molecule has 0 spiro atoms. The molecule has 0 unspecified atom stereocenters. The number of aromatic nitrogens is 1. The van der Waals surface area contributed by atoms with Crippen LogP contribution in [0.1, 0.15) is 47.8 Å². The van der Waals surface area contributed by atoms with Crippen LogP contribution in [-0.2, 0) is 16.2 Å². The summed E-state index contributed by atoms with van der Waals surface area (Å²) >= 11 is 0. The van der Waals surface area contributed by atoms with Gasteiger partial charge in [-0.25, -0.2) is 4.79 Å². The van der Waals surface area contributed by atoms with Gasteiger partial charge in [0.1, 0.15) is 18.1 Å². The third-order valence-electron chi connectivity index (χ3n) is 6.33. The molecule has 4 aromatic rings. The summed E-state index contributed by atoms with van der Waals surface area (Å²) in [6.07, 6.45) is 0. The van der Waals surface area contributed by atoms with Gasteiger partial charge in [-0.3, -0.25) is 4.79 Å². The van der Waals surface area contributed by atoms with E-state index in [0.717, 1.165) is 39.5 Å². The Hall–Kier alpha value is -3.93. The molecule has 2 heterocycles. The first-order valence-corrected chi connectivity index (χ1v) is 11.5. The van der Waals surface area contributed by atoms with Gasteiger partial charge < -0.3 is 14.1 Å². The molecule has 0 saturated heterocycles. The van der Waals surface area contributed by atoms with Gasteiger partial charge in [0.2, 0.25) is 0 Å². The number of fused-ring (bicyclic) bond motifs is 5. The molecule has 0 N–H and O–H groups in total. The molecule has 0 aliphatic carbocycles. The van der Waals surface area contributed by atoms with Crippen LogP contribution in [0.15, 0.2) is 59.8 Å². The van der Waals surface area contributed by atoms with Crippen molar-refractivity contribution in [3.05, 3.63) is 76.9 Å². The number of ether oxygens (including phenoxy) is 1. The lowest BCUT2D eigenvalue weighted by molar-refractivity contribution is -0.147. The molecule has 0 bridgehead atoms. The molecule has 0 atom stereocenters. The Labute approximate surface area is 197 Å². The first-order valence-electron chi connectivity index (χ1n) is 11.5. The zero-order chi connectivity index (χ0) is 24.0. The lowest BCUT2D eigenvalue weighted by Crippen LogP contribution is -2.11. The van der Waals surface area contributed by atoms with Crippen LogP contribution in [0.2, 0.25) is 0 Å². The van der Waals surface area contributed by atoms with E-state index >= 15 is 0 Å². The fraction of sp³-hybridized carbons (Fsp3) is 0.250. The minimum atomic E-state index is -0.385. The highest BCUT2D eigenvalue weighted by molar-refractivity contribution is 6.20. The number of hydrogen-bond donors (Lipinski definition) is 0. The number of benzene rings is 3. The molecule has 1 aromatic heterocycles. The Morgan fingerprint density at radius 2 is 1.85 bits per heavy atom. The zero-order valence-electron chi connectivity index (χ0n) is 19.7. The smallest absolute Gasteiger partial charge is 0.337 e. The van der Waals surface area contributed by atoms with E-state index in [0.29, 0.717) is 22.6 Å². The third-order valence-corrected chi connectivity index (χ3v) is 6.33. The van der Waals surface area contributed by atoms with Gasteiger partial charge in [0.05, 0.1) is 16.8 Å². The van der Waals surface area contributed by atoms with E-state index < -0.39 is 0 Å². The Morgan fingerprint density at radius 3 is 2.59 bits per heavy atom. The van der Waals surface area contributed by atoms with Gasteiger partial charge >= 0.3 is 5.97 Å². The van der Waals surface area contributed by atoms with Crippen LogP contribution in [0.25, 0.3) is 21.8 Å². The predicted molar refractivity (Wildman–Crippen MR) is 133 cm³/mol. The Morgan fingerprint density at radius 1 is 1.09 bits per heavy atom. The van der Waals surface area contributed by atoms with Crippen LogP contribution < -0.4 is 4.74 Å². The van der Waals surface area contributed by atoms with Crippen LogP contribution in [0.5, 0.6) is 5.75 Å². The van der Waals surface area contributed by atoms with Gasteiger partial charge in [0, 0.05) is 34.1 Å². The van der Waals surface area contributed by atoms with Gasteiger partial charge in [-0.1, -0.05) is 43.3 Å². The van der Waals surface area contributed by atoms with E-state index in [-0.39, 0.29) is 24.3 Å². The number of carbonyl (C=O) groups is 2. The average molecular weight is 455 g/mol. The number of nitrogens with zero attached hydrogens (tertiary/aromatic N) is 2. The second-order valence-corrected chi connectivity index (χ2v) is 8.85. The second kappa shape index (κ2) is 8.45. The molecular weight excluding hydrogens is 428 g/mol. The van der Waals surface area contributed by atoms with E-state index in [1.165, 1.54) is 0 Å². The van der Waals surface area contributed by atoms with Crippen LogP contribution in [0, 0.1) is 12.8 Å². The molecule has 1 aliphatic rings. The molecule has 3 aromatic carbocycles. The van der Waals surface area contributed by atoms with Gasteiger partial charge in [-0.15, -0.1) is 0 Å². The summed E-state index contributed by atoms with van der Waals surface area (Å²) in [7, 11) is 0. The molecule has 6 nitrogen and oxygen atoms in total. The number of hydrogen-bond acceptors (Lipinski definition) is 5. The highest BCUT2D eigenvalue weighted by Gasteiger charge is 2.27. The lowest BCUT2D eigenvalue weighted by Gasteiger charge is -2.06. The summed E-state index contributed by atoms with van der Waals surface area (Å²) in [5, 5.41) is 5.97. The minimum absolute atomic E-state index is 0.00579. The SMILES string of the molecule is CCn1c2ccc(C(=O)c3ccccc3C)cc2c2c3c(ccc21)/C(=N/OC(=O)C(C)C)CO3. The second-order valence-electron chi connectivity index (χ2n) is 8.85. The number of rotatable bonds is 5. The van der Waals surface area contributed by atoms with Gasteiger partial charge in [0.25, 0.3) is 0 Å².